The van der Waals surface area contributed by atoms with Gasteiger partial charge in [-0.25, -0.2) is 0 Å². The first-order valence-corrected chi connectivity index (χ1v) is 9.18. The van der Waals surface area contributed by atoms with Crippen molar-refractivity contribution >= 4 is 23.2 Å². The van der Waals surface area contributed by atoms with E-state index in [9.17, 15) is 9.59 Å². The normalized spacial score (nSPS) is 10.8. The summed E-state index contributed by atoms with van der Waals surface area (Å²) >= 11 is 0. The molecule has 0 unspecified atom stereocenters. The van der Waals surface area contributed by atoms with Crippen molar-refractivity contribution in [2.24, 2.45) is 0 Å². The van der Waals surface area contributed by atoms with E-state index in [0.717, 1.165) is 16.8 Å². The topological polar surface area (TPSA) is 67.4 Å². The number of hydrogen-bond donors (Lipinski definition) is 2. The molecule has 0 bridgehead atoms. The van der Waals surface area contributed by atoms with E-state index in [2.05, 4.69) is 38.3 Å². The van der Waals surface area contributed by atoms with E-state index in [4.69, 9.17) is 4.74 Å². The molecule has 27 heavy (non-hydrogen) atoms. The number of methoxy groups -OCH3 is 1. The molecule has 0 saturated heterocycles. The lowest BCUT2D eigenvalue weighted by Crippen LogP contribution is -2.22. The Labute approximate surface area is 161 Å². The molecule has 0 heterocycles. The zero-order chi connectivity index (χ0) is 20.0. The minimum absolute atomic E-state index is 0.249. The molecule has 0 radical (unpaired) electrons. The molecule has 2 rings (SSSR count). The Hall–Kier alpha value is -2.82. The van der Waals surface area contributed by atoms with Gasteiger partial charge in [-0.2, -0.15) is 0 Å². The van der Waals surface area contributed by atoms with Crippen LogP contribution in [0.2, 0.25) is 0 Å². The molecule has 2 aromatic carbocycles. The first-order chi connectivity index (χ1) is 12.8. The van der Waals surface area contributed by atoms with Gasteiger partial charge in [0.15, 0.2) is 0 Å². The van der Waals surface area contributed by atoms with Crippen LogP contribution in [-0.2, 0) is 9.59 Å². The molecule has 0 aliphatic carbocycles. The van der Waals surface area contributed by atoms with Gasteiger partial charge in [-0.05, 0) is 35.1 Å². The Bertz CT molecular complexity index is 787. The molecule has 2 aromatic rings. The smallest absolute Gasteiger partial charge is 0.233 e. The van der Waals surface area contributed by atoms with Crippen molar-refractivity contribution in [1.82, 2.24) is 0 Å². The molecule has 0 aliphatic rings. The summed E-state index contributed by atoms with van der Waals surface area (Å²) in [6, 6.07) is 13.1. The molecule has 0 spiro atoms. The molecule has 0 aromatic heterocycles. The Kier molecular flexibility index (Phi) is 6.99. The van der Waals surface area contributed by atoms with Crippen LogP contribution in [0.1, 0.15) is 57.1 Å². The van der Waals surface area contributed by atoms with Gasteiger partial charge in [0.2, 0.25) is 11.8 Å². The molecule has 0 atom stereocenters. The van der Waals surface area contributed by atoms with E-state index >= 15 is 0 Å². The van der Waals surface area contributed by atoms with E-state index in [1.54, 1.807) is 31.4 Å². The number of para-hydroxylation sites is 1. The maximum absolute atomic E-state index is 12.5. The summed E-state index contributed by atoms with van der Waals surface area (Å²) in [6.45, 7) is 8.35. The number of ether oxygens (including phenoxy) is 1. The molecule has 0 saturated carbocycles. The second kappa shape index (κ2) is 9.21. The second-order valence-corrected chi connectivity index (χ2v) is 7.13. The standard InChI is InChI=1S/C22H28N2O3/c1-14(2)18-10-7-11-19(15(3)4)22(18)24-21(26)13-20(25)23-16-8-6-9-17(12-16)27-5/h6-12,14-15H,13H2,1-5H3,(H,23,25)(H,24,26). The van der Waals surface area contributed by atoms with Gasteiger partial charge in [0.25, 0.3) is 0 Å². The number of carbonyl (C=O) groups is 2. The molecular weight excluding hydrogens is 340 g/mol. The number of rotatable bonds is 7. The second-order valence-electron chi connectivity index (χ2n) is 7.13. The number of nitrogens with one attached hydrogen (secondary N) is 2. The predicted octanol–water partition coefficient (Wildman–Crippen LogP) is 4.91. The summed E-state index contributed by atoms with van der Waals surface area (Å²) in [7, 11) is 1.56. The molecule has 144 valence electrons. The fourth-order valence-corrected chi connectivity index (χ4v) is 2.93. The largest absolute Gasteiger partial charge is 0.497 e. The van der Waals surface area contributed by atoms with Gasteiger partial charge in [0.05, 0.1) is 7.11 Å². The molecule has 0 fully saturated rings. The summed E-state index contributed by atoms with van der Waals surface area (Å²) in [5.41, 5.74) is 3.56. The van der Waals surface area contributed by atoms with Gasteiger partial charge in [-0.15, -0.1) is 0 Å². The Balaban J connectivity index is 2.10. The lowest BCUT2D eigenvalue weighted by Gasteiger charge is -2.20. The first kappa shape index (κ1) is 20.5. The molecule has 2 amide bonds. The number of carbonyl (C=O) groups excluding carboxylic acids is 2. The third-order valence-corrected chi connectivity index (χ3v) is 4.31. The van der Waals surface area contributed by atoms with Gasteiger partial charge in [0.1, 0.15) is 12.2 Å². The highest BCUT2D eigenvalue weighted by molar-refractivity contribution is 6.08. The summed E-state index contributed by atoms with van der Waals surface area (Å²) in [4.78, 5) is 24.7. The van der Waals surface area contributed by atoms with E-state index in [1.165, 1.54) is 0 Å². The summed E-state index contributed by atoms with van der Waals surface area (Å²) in [5, 5.41) is 5.68. The fourth-order valence-electron chi connectivity index (χ4n) is 2.93. The highest BCUT2D eigenvalue weighted by Crippen LogP contribution is 2.32. The number of benzene rings is 2. The van der Waals surface area contributed by atoms with Crippen molar-refractivity contribution in [3.63, 3.8) is 0 Å². The summed E-state index contributed by atoms with van der Waals surface area (Å²) in [6.07, 6.45) is -0.249. The van der Waals surface area contributed by atoms with Crippen molar-refractivity contribution in [3.05, 3.63) is 53.6 Å². The molecule has 5 heteroatoms. The highest BCUT2D eigenvalue weighted by Gasteiger charge is 2.17. The van der Waals surface area contributed by atoms with Crippen molar-refractivity contribution in [1.29, 1.82) is 0 Å². The Morgan fingerprint density at radius 3 is 2.00 bits per heavy atom. The van der Waals surface area contributed by atoms with Crippen LogP contribution in [-0.4, -0.2) is 18.9 Å². The minimum Gasteiger partial charge on any atom is -0.497 e. The molecule has 0 aliphatic heterocycles. The van der Waals surface area contributed by atoms with Gasteiger partial charge in [-0.3, -0.25) is 9.59 Å². The predicted molar refractivity (Wildman–Crippen MR) is 109 cm³/mol. The van der Waals surface area contributed by atoms with Crippen molar-refractivity contribution in [3.8, 4) is 5.75 Å². The fraction of sp³-hybridized carbons (Fsp3) is 0.364. The van der Waals surface area contributed by atoms with Crippen LogP contribution >= 0.6 is 0 Å². The average Bonchev–Trinajstić information content (AvgIpc) is 2.61. The van der Waals surface area contributed by atoms with Gasteiger partial charge in [-0.1, -0.05) is 52.0 Å². The quantitative estimate of drug-likeness (QED) is 0.682. The Morgan fingerprint density at radius 1 is 0.889 bits per heavy atom. The third kappa shape index (κ3) is 5.58. The SMILES string of the molecule is COc1cccc(NC(=O)CC(=O)Nc2c(C(C)C)cccc2C(C)C)c1. The summed E-state index contributed by atoms with van der Waals surface area (Å²) in [5.74, 6) is 0.484. The van der Waals surface area contributed by atoms with Crippen molar-refractivity contribution in [2.75, 3.05) is 17.7 Å². The first-order valence-electron chi connectivity index (χ1n) is 9.18. The lowest BCUT2D eigenvalue weighted by molar-refractivity contribution is -0.123. The zero-order valence-corrected chi connectivity index (χ0v) is 16.6. The van der Waals surface area contributed by atoms with Crippen LogP contribution in [0.3, 0.4) is 0 Å². The van der Waals surface area contributed by atoms with Gasteiger partial charge < -0.3 is 15.4 Å². The van der Waals surface area contributed by atoms with Crippen LogP contribution < -0.4 is 15.4 Å². The maximum Gasteiger partial charge on any atom is 0.233 e. The van der Waals surface area contributed by atoms with E-state index < -0.39 is 0 Å². The van der Waals surface area contributed by atoms with Crippen LogP contribution in [0, 0.1) is 0 Å². The summed E-state index contributed by atoms with van der Waals surface area (Å²) < 4.78 is 5.14. The van der Waals surface area contributed by atoms with Gasteiger partial charge in [0, 0.05) is 17.4 Å². The van der Waals surface area contributed by atoms with E-state index in [0.29, 0.717) is 11.4 Å². The number of anilines is 2. The third-order valence-electron chi connectivity index (χ3n) is 4.31. The number of hydrogen-bond acceptors (Lipinski definition) is 3. The van der Waals surface area contributed by atoms with Crippen LogP contribution in [0.5, 0.6) is 5.75 Å². The maximum atomic E-state index is 12.5. The molecular formula is C22H28N2O3. The van der Waals surface area contributed by atoms with Crippen molar-refractivity contribution < 1.29 is 14.3 Å². The number of amides is 2. The molecule has 5 nitrogen and oxygen atoms in total. The van der Waals surface area contributed by atoms with Crippen LogP contribution in [0.25, 0.3) is 0 Å². The zero-order valence-electron chi connectivity index (χ0n) is 16.6. The van der Waals surface area contributed by atoms with Crippen LogP contribution in [0.4, 0.5) is 11.4 Å². The van der Waals surface area contributed by atoms with Crippen LogP contribution in [0.15, 0.2) is 42.5 Å². The van der Waals surface area contributed by atoms with E-state index in [-0.39, 0.29) is 30.1 Å². The monoisotopic (exact) mass is 368 g/mol. The Morgan fingerprint density at radius 2 is 1.44 bits per heavy atom. The minimum atomic E-state index is -0.367. The van der Waals surface area contributed by atoms with Gasteiger partial charge >= 0.3 is 0 Å². The average molecular weight is 368 g/mol. The van der Waals surface area contributed by atoms with Crippen molar-refractivity contribution in [2.45, 2.75) is 46.0 Å². The van der Waals surface area contributed by atoms with E-state index in [1.807, 2.05) is 18.2 Å². The lowest BCUT2D eigenvalue weighted by atomic mass is 9.92. The highest BCUT2D eigenvalue weighted by atomic mass is 16.5. The molecule has 2 N–H and O–H groups in total.